The monoisotopic (exact) mass is 298 g/mol. The van der Waals surface area contributed by atoms with Gasteiger partial charge < -0.3 is 4.90 Å². The zero-order chi connectivity index (χ0) is 14.2. The molecular formula is C15H14N4OS. The van der Waals surface area contributed by atoms with Gasteiger partial charge in [-0.1, -0.05) is 6.07 Å². The summed E-state index contributed by atoms with van der Waals surface area (Å²) < 4.78 is 1.76. The summed E-state index contributed by atoms with van der Waals surface area (Å²) in [6.45, 7) is 1.67. The smallest absolute Gasteiger partial charge is 0.259 e. The third kappa shape index (κ3) is 2.03. The number of rotatable bonds is 2. The summed E-state index contributed by atoms with van der Waals surface area (Å²) >= 11 is 1.65. The van der Waals surface area contributed by atoms with Gasteiger partial charge in [-0.25, -0.2) is 9.50 Å². The van der Waals surface area contributed by atoms with Gasteiger partial charge in [-0.15, -0.1) is 11.3 Å². The van der Waals surface area contributed by atoms with E-state index in [1.165, 1.54) is 0 Å². The molecule has 106 valence electrons. The Kier molecular flexibility index (Phi) is 2.96. The van der Waals surface area contributed by atoms with E-state index in [4.69, 9.17) is 0 Å². The molecular weight excluding hydrogens is 284 g/mol. The fraction of sp³-hybridized carbons (Fsp3) is 0.267. The van der Waals surface area contributed by atoms with Crippen molar-refractivity contribution in [2.45, 2.75) is 12.8 Å². The van der Waals surface area contributed by atoms with Gasteiger partial charge >= 0.3 is 0 Å². The number of fused-ring (bicyclic) bond motifs is 1. The number of carbonyl (C=O) groups excluding carboxylic acids is 1. The first-order valence-corrected chi connectivity index (χ1v) is 7.88. The molecule has 0 radical (unpaired) electrons. The van der Waals surface area contributed by atoms with Crippen molar-refractivity contribution in [3.63, 3.8) is 0 Å². The average molecular weight is 298 g/mol. The highest BCUT2D eigenvalue weighted by Gasteiger charge is 2.23. The lowest BCUT2D eigenvalue weighted by atomic mass is 10.3. The second kappa shape index (κ2) is 4.96. The van der Waals surface area contributed by atoms with Gasteiger partial charge in [0.15, 0.2) is 5.65 Å². The Balaban J connectivity index is 1.82. The second-order valence-electron chi connectivity index (χ2n) is 5.10. The molecule has 0 spiro atoms. The highest BCUT2D eigenvalue weighted by atomic mass is 32.1. The quantitative estimate of drug-likeness (QED) is 0.731. The minimum atomic E-state index is 0.0401. The summed E-state index contributed by atoms with van der Waals surface area (Å²) in [5.41, 5.74) is 2.20. The van der Waals surface area contributed by atoms with Crippen LogP contribution in [0.5, 0.6) is 0 Å². The second-order valence-corrected chi connectivity index (χ2v) is 6.05. The predicted octanol–water partition coefficient (Wildman–Crippen LogP) is 2.69. The van der Waals surface area contributed by atoms with Crippen molar-refractivity contribution in [3.05, 3.63) is 41.5 Å². The van der Waals surface area contributed by atoms with Crippen LogP contribution in [-0.2, 0) is 0 Å². The lowest BCUT2D eigenvalue weighted by Gasteiger charge is -2.13. The number of carbonyl (C=O) groups is 1. The molecule has 1 amide bonds. The molecule has 21 heavy (non-hydrogen) atoms. The maximum Gasteiger partial charge on any atom is 0.259 e. The van der Waals surface area contributed by atoms with E-state index < -0.39 is 0 Å². The van der Waals surface area contributed by atoms with Crippen molar-refractivity contribution in [1.29, 1.82) is 0 Å². The summed E-state index contributed by atoms with van der Waals surface area (Å²) in [5.74, 6) is 0.0401. The number of aromatic nitrogens is 3. The van der Waals surface area contributed by atoms with Crippen LogP contribution in [0.2, 0.25) is 0 Å². The van der Waals surface area contributed by atoms with Gasteiger partial charge in [0, 0.05) is 19.3 Å². The number of likely N-dealkylation sites (tertiary alicyclic amines) is 1. The molecule has 0 bridgehead atoms. The van der Waals surface area contributed by atoms with E-state index in [2.05, 4.69) is 10.1 Å². The summed E-state index contributed by atoms with van der Waals surface area (Å²) in [6, 6.07) is 5.98. The van der Waals surface area contributed by atoms with Crippen molar-refractivity contribution in [2.75, 3.05) is 13.1 Å². The molecule has 0 atom stereocenters. The van der Waals surface area contributed by atoms with Gasteiger partial charge in [0.25, 0.3) is 5.91 Å². The third-order valence-electron chi connectivity index (χ3n) is 3.80. The van der Waals surface area contributed by atoms with Crippen molar-refractivity contribution in [3.8, 4) is 10.6 Å². The van der Waals surface area contributed by atoms with Gasteiger partial charge in [-0.2, -0.15) is 5.10 Å². The van der Waals surface area contributed by atoms with Gasteiger partial charge in [0.1, 0.15) is 5.56 Å². The molecule has 0 N–H and O–H groups in total. The van der Waals surface area contributed by atoms with Crippen LogP contribution in [0.4, 0.5) is 0 Å². The van der Waals surface area contributed by atoms with Gasteiger partial charge in [0.05, 0.1) is 16.8 Å². The van der Waals surface area contributed by atoms with Crippen LogP contribution < -0.4 is 0 Å². The number of hydrogen-bond acceptors (Lipinski definition) is 4. The van der Waals surface area contributed by atoms with E-state index in [-0.39, 0.29) is 5.91 Å². The van der Waals surface area contributed by atoms with Crippen LogP contribution in [0.3, 0.4) is 0 Å². The Labute approximate surface area is 125 Å². The molecule has 1 aliphatic rings. The SMILES string of the molecule is O=C(c1cnn2c(-c3cccs3)ccnc12)N1CCCC1. The largest absolute Gasteiger partial charge is 0.338 e. The highest BCUT2D eigenvalue weighted by Crippen LogP contribution is 2.25. The van der Waals surface area contributed by atoms with E-state index in [0.29, 0.717) is 11.2 Å². The molecule has 0 saturated carbocycles. The Morgan fingerprint density at radius 2 is 2.10 bits per heavy atom. The normalized spacial score (nSPS) is 15.0. The topological polar surface area (TPSA) is 50.5 Å². The van der Waals surface area contributed by atoms with Crippen LogP contribution in [-0.4, -0.2) is 38.5 Å². The molecule has 6 heteroatoms. The first kappa shape index (κ1) is 12.5. The molecule has 0 unspecified atom stereocenters. The molecule has 1 aliphatic heterocycles. The average Bonchev–Trinajstić information content (AvgIpc) is 3.25. The van der Waals surface area contributed by atoms with Crippen LogP contribution in [0.25, 0.3) is 16.2 Å². The Morgan fingerprint density at radius 1 is 1.24 bits per heavy atom. The predicted molar refractivity (Wildman–Crippen MR) is 81.4 cm³/mol. The molecule has 1 saturated heterocycles. The first-order chi connectivity index (χ1) is 10.3. The molecule has 4 rings (SSSR count). The summed E-state index contributed by atoms with van der Waals surface area (Å²) in [6.07, 6.45) is 5.55. The van der Waals surface area contributed by atoms with Crippen molar-refractivity contribution >= 4 is 22.9 Å². The number of nitrogens with zero attached hydrogens (tertiary/aromatic N) is 4. The van der Waals surface area contributed by atoms with E-state index in [9.17, 15) is 4.79 Å². The molecule has 3 aromatic rings. The Bertz CT molecular complexity index is 787. The lowest BCUT2D eigenvalue weighted by Crippen LogP contribution is -2.27. The molecule has 1 fully saturated rings. The maximum absolute atomic E-state index is 12.6. The van der Waals surface area contributed by atoms with Crippen molar-refractivity contribution < 1.29 is 4.79 Å². The zero-order valence-corrected chi connectivity index (χ0v) is 12.2. The minimum Gasteiger partial charge on any atom is -0.338 e. The summed E-state index contributed by atoms with van der Waals surface area (Å²) in [4.78, 5) is 19.9. The number of hydrogen-bond donors (Lipinski definition) is 0. The van der Waals surface area contributed by atoms with E-state index >= 15 is 0 Å². The lowest BCUT2D eigenvalue weighted by molar-refractivity contribution is 0.0794. The molecule has 3 aromatic heterocycles. The van der Waals surface area contributed by atoms with Crippen molar-refractivity contribution in [1.82, 2.24) is 19.5 Å². The highest BCUT2D eigenvalue weighted by molar-refractivity contribution is 7.13. The van der Waals surface area contributed by atoms with Gasteiger partial charge in [-0.3, -0.25) is 4.79 Å². The zero-order valence-electron chi connectivity index (χ0n) is 11.4. The number of amides is 1. The summed E-state index contributed by atoms with van der Waals surface area (Å²) in [7, 11) is 0. The Morgan fingerprint density at radius 3 is 2.86 bits per heavy atom. The van der Waals surface area contributed by atoms with Crippen LogP contribution in [0, 0.1) is 0 Å². The Hall–Kier alpha value is -2.21. The first-order valence-electron chi connectivity index (χ1n) is 7.00. The van der Waals surface area contributed by atoms with Crippen LogP contribution in [0.1, 0.15) is 23.2 Å². The fourth-order valence-corrected chi connectivity index (χ4v) is 3.48. The minimum absolute atomic E-state index is 0.0401. The number of thiophene rings is 1. The van der Waals surface area contributed by atoms with E-state index in [1.807, 2.05) is 28.5 Å². The fourth-order valence-electron chi connectivity index (χ4n) is 2.74. The third-order valence-corrected chi connectivity index (χ3v) is 4.69. The standard InChI is InChI=1S/C15H14N4OS/c20-15(18-7-1-2-8-18)11-10-17-19-12(5-6-16-14(11)19)13-4-3-9-21-13/h3-6,9-10H,1-2,7-8H2. The van der Waals surface area contributed by atoms with E-state index in [1.54, 1.807) is 28.2 Å². The van der Waals surface area contributed by atoms with E-state index in [0.717, 1.165) is 36.5 Å². The molecule has 4 heterocycles. The summed E-state index contributed by atoms with van der Waals surface area (Å²) in [5, 5.41) is 6.41. The molecule has 5 nitrogen and oxygen atoms in total. The van der Waals surface area contributed by atoms with Crippen LogP contribution >= 0.6 is 11.3 Å². The molecule has 0 aromatic carbocycles. The van der Waals surface area contributed by atoms with Crippen LogP contribution in [0.15, 0.2) is 36.0 Å². The van der Waals surface area contributed by atoms with Crippen molar-refractivity contribution in [2.24, 2.45) is 0 Å². The molecule has 0 aliphatic carbocycles. The maximum atomic E-state index is 12.6. The van der Waals surface area contributed by atoms with Gasteiger partial charge in [0.2, 0.25) is 0 Å². The van der Waals surface area contributed by atoms with Gasteiger partial charge in [-0.05, 0) is 30.4 Å².